The maximum Gasteiger partial charge on any atom is 0.137 e. The van der Waals surface area contributed by atoms with E-state index >= 15 is 0 Å². The van der Waals surface area contributed by atoms with Gasteiger partial charge in [-0.2, -0.15) is 0 Å². The van der Waals surface area contributed by atoms with Crippen molar-refractivity contribution in [3.63, 3.8) is 0 Å². The number of nitrogens with one attached hydrogen (secondary N) is 1. The highest BCUT2D eigenvalue weighted by molar-refractivity contribution is 6.30. The van der Waals surface area contributed by atoms with E-state index in [1.165, 1.54) is 12.1 Å². The first-order chi connectivity index (χ1) is 15.0. The van der Waals surface area contributed by atoms with Crippen LogP contribution in [0, 0.1) is 5.82 Å². The summed E-state index contributed by atoms with van der Waals surface area (Å²) in [6.07, 6.45) is 4.22. The topological polar surface area (TPSA) is 53.9 Å². The number of aromatic nitrogens is 3. The molecule has 158 valence electrons. The molecule has 0 aliphatic carbocycles. The van der Waals surface area contributed by atoms with Crippen molar-refractivity contribution in [2.75, 3.05) is 32.5 Å². The van der Waals surface area contributed by atoms with Crippen molar-refractivity contribution in [1.29, 1.82) is 0 Å². The molecule has 4 rings (SSSR count). The monoisotopic (exact) mass is 435 g/mol. The van der Waals surface area contributed by atoms with Gasteiger partial charge in [-0.05, 0) is 69.0 Å². The van der Waals surface area contributed by atoms with Crippen molar-refractivity contribution in [3.8, 4) is 22.4 Å². The summed E-state index contributed by atoms with van der Waals surface area (Å²) in [7, 11) is 4.11. The van der Waals surface area contributed by atoms with Crippen LogP contribution in [0.25, 0.3) is 33.3 Å². The highest BCUT2D eigenvalue weighted by atomic mass is 35.5. The van der Waals surface area contributed by atoms with Crippen molar-refractivity contribution in [1.82, 2.24) is 19.9 Å². The number of hydrogen-bond acceptors (Lipinski definition) is 5. The predicted octanol–water partition coefficient (Wildman–Crippen LogP) is 5.51. The van der Waals surface area contributed by atoms with E-state index in [1.54, 1.807) is 18.6 Å². The number of anilines is 1. The summed E-state index contributed by atoms with van der Waals surface area (Å²) >= 11 is 6.12. The lowest BCUT2D eigenvalue weighted by Crippen LogP contribution is -2.16. The Bertz CT molecular complexity index is 1210. The molecule has 2 aromatic heterocycles. The van der Waals surface area contributed by atoms with E-state index in [2.05, 4.69) is 39.3 Å². The van der Waals surface area contributed by atoms with Crippen LogP contribution in [0.1, 0.15) is 6.42 Å². The van der Waals surface area contributed by atoms with Gasteiger partial charge in [0.15, 0.2) is 0 Å². The Balaban J connectivity index is 1.74. The molecule has 0 saturated heterocycles. The molecule has 0 atom stereocenters. The molecule has 0 bridgehead atoms. The van der Waals surface area contributed by atoms with E-state index in [0.717, 1.165) is 47.4 Å². The standard InChI is InChI=1S/C24H23ClFN5/c1-31(2)12-4-11-28-24-20-13-16(6-9-22(20)29-15-30-24)18-5-3-10-27-23(18)19-14-17(25)7-8-21(19)26/h3,5-10,13-15H,4,11-12H2,1-2H3,(H,28,29,30). The van der Waals surface area contributed by atoms with Gasteiger partial charge >= 0.3 is 0 Å². The Morgan fingerprint density at radius 3 is 2.71 bits per heavy atom. The highest BCUT2D eigenvalue weighted by Gasteiger charge is 2.14. The molecule has 0 spiro atoms. The molecule has 0 aliphatic rings. The third-order valence-electron chi connectivity index (χ3n) is 5.01. The molecule has 0 fully saturated rings. The first kappa shape index (κ1) is 21.2. The second-order valence-corrected chi connectivity index (χ2v) is 8.00. The first-order valence-corrected chi connectivity index (χ1v) is 10.4. The summed E-state index contributed by atoms with van der Waals surface area (Å²) < 4.78 is 14.6. The summed E-state index contributed by atoms with van der Waals surface area (Å²) in [6, 6.07) is 14.2. The number of pyridine rings is 1. The number of hydrogen-bond donors (Lipinski definition) is 1. The molecule has 2 heterocycles. The second-order valence-electron chi connectivity index (χ2n) is 7.56. The van der Waals surface area contributed by atoms with Crippen molar-refractivity contribution < 1.29 is 4.39 Å². The molecule has 1 N–H and O–H groups in total. The van der Waals surface area contributed by atoms with Crippen LogP contribution in [0.5, 0.6) is 0 Å². The molecular weight excluding hydrogens is 413 g/mol. The minimum atomic E-state index is -0.364. The molecular formula is C24H23ClFN5. The number of benzene rings is 2. The fourth-order valence-electron chi connectivity index (χ4n) is 3.50. The minimum absolute atomic E-state index is 0.364. The lowest BCUT2D eigenvalue weighted by Gasteiger charge is -2.13. The Morgan fingerprint density at radius 1 is 1.00 bits per heavy atom. The Hall–Kier alpha value is -3.09. The van der Waals surface area contributed by atoms with Crippen LogP contribution in [0.3, 0.4) is 0 Å². The van der Waals surface area contributed by atoms with Crippen molar-refractivity contribution >= 4 is 28.3 Å². The summed E-state index contributed by atoms with van der Waals surface area (Å²) in [5, 5.41) is 4.78. The number of rotatable bonds is 7. The van der Waals surface area contributed by atoms with Crippen LogP contribution in [-0.4, -0.2) is 47.0 Å². The summed E-state index contributed by atoms with van der Waals surface area (Å²) in [5.74, 6) is 0.418. The number of halogens is 2. The van der Waals surface area contributed by atoms with E-state index < -0.39 is 0 Å². The van der Waals surface area contributed by atoms with Crippen LogP contribution in [0.4, 0.5) is 10.2 Å². The molecule has 0 saturated carbocycles. The molecule has 7 heteroatoms. The zero-order valence-corrected chi connectivity index (χ0v) is 18.2. The lowest BCUT2D eigenvalue weighted by molar-refractivity contribution is 0.405. The van der Waals surface area contributed by atoms with Gasteiger partial charge in [0.05, 0.1) is 11.2 Å². The zero-order chi connectivity index (χ0) is 21.8. The maximum absolute atomic E-state index is 14.6. The van der Waals surface area contributed by atoms with Crippen LogP contribution in [0.2, 0.25) is 5.02 Å². The van der Waals surface area contributed by atoms with Gasteiger partial charge in [0.1, 0.15) is 18.0 Å². The third kappa shape index (κ3) is 4.81. The average Bonchev–Trinajstić information content (AvgIpc) is 2.78. The molecule has 4 aromatic rings. The van der Waals surface area contributed by atoms with Gasteiger partial charge in [-0.1, -0.05) is 23.7 Å². The van der Waals surface area contributed by atoms with Crippen molar-refractivity contribution in [2.24, 2.45) is 0 Å². The fraction of sp³-hybridized carbons (Fsp3) is 0.208. The van der Waals surface area contributed by atoms with Crippen LogP contribution in [-0.2, 0) is 0 Å². The smallest absolute Gasteiger partial charge is 0.137 e. The molecule has 0 radical (unpaired) electrons. The highest BCUT2D eigenvalue weighted by Crippen LogP contribution is 2.35. The Labute approximate surface area is 185 Å². The SMILES string of the molecule is CN(C)CCCNc1ncnc2ccc(-c3cccnc3-c3cc(Cl)ccc3F)cc12. The van der Waals surface area contributed by atoms with E-state index in [0.29, 0.717) is 16.3 Å². The normalized spacial score (nSPS) is 11.3. The van der Waals surface area contributed by atoms with Gasteiger partial charge in [0, 0.05) is 34.3 Å². The first-order valence-electron chi connectivity index (χ1n) is 10.1. The summed E-state index contributed by atoms with van der Waals surface area (Å²) in [5.41, 5.74) is 3.47. The number of fused-ring (bicyclic) bond motifs is 1. The van der Waals surface area contributed by atoms with Gasteiger partial charge in [0.2, 0.25) is 0 Å². The van der Waals surface area contributed by atoms with Crippen molar-refractivity contribution in [2.45, 2.75) is 6.42 Å². The van der Waals surface area contributed by atoms with Gasteiger partial charge in [-0.15, -0.1) is 0 Å². The van der Waals surface area contributed by atoms with Crippen LogP contribution in [0.15, 0.2) is 61.1 Å². The van der Waals surface area contributed by atoms with Gasteiger partial charge in [-0.3, -0.25) is 4.98 Å². The van der Waals surface area contributed by atoms with E-state index in [1.807, 2.05) is 30.3 Å². The summed E-state index contributed by atoms with van der Waals surface area (Å²) in [6.45, 7) is 1.80. The van der Waals surface area contributed by atoms with E-state index in [-0.39, 0.29) is 5.82 Å². The zero-order valence-electron chi connectivity index (χ0n) is 17.4. The molecule has 31 heavy (non-hydrogen) atoms. The molecule has 0 aliphatic heterocycles. The average molecular weight is 436 g/mol. The maximum atomic E-state index is 14.6. The van der Waals surface area contributed by atoms with Gasteiger partial charge < -0.3 is 10.2 Å². The van der Waals surface area contributed by atoms with Gasteiger partial charge in [-0.25, -0.2) is 14.4 Å². The molecule has 0 unspecified atom stereocenters. The quantitative estimate of drug-likeness (QED) is 0.387. The van der Waals surface area contributed by atoms with E-state index in [9.17, 15) is 4.39 Å². The molecule has 5 nitrogen and oxygen atoms in total. The Kier molecular flexibility index (Phi) is 6.39. The van der Waals surface area contributed by atoms with Crippen molar-refractivity contribution in [3.05, 3.63) is 71.9 Å². The van der Waals surface area contributed by atoms with Crippen LogP contribution >= 0.6 is 11.6 Å². The summed E-state index contributed by atoms with van der Waals surface area (Å²) in [4.78, 5) is 15.4. The number of nitrogens with zero attached hydrogens (tertiary/aromatic N) is 4. The predicted molar refractivity (Wildman–Crippen MR) is 125 cm³/mol. The largest absolute Gasteiger partial charge is 0.369 e. The lowest BCUT2D eigenvalue weighted by atomic mass is 9.98. The second kappa shape index (κ2) is 9.37. The third-order valence-corrected chi connectivity index (χ3v) is 5.25. The molecule has 2 aromatic carbocycles. The van der Waals surface area contributed by atoms with Gasteiger partial charge in [0.25, 0.3) is 0 Å². The Morgan fingerprint density at radius 2 is 1.87 bits per heavy atom. The van der Waals surface area contributed by atoms with E-state index in [4.69, 9.17) is 11.6 Å². The van der Waals surface area contributed by atoms with Crippen LogP contribution < -0.4 is 5.32 Å². The minimum Gasteiger partial charge on any atom is -0.369 e. The fourth-order valence-corrected chi connectivity index (χ4v) is 3.67. The molecule has 0 amide bonds.